The van der Waals surface area contributed by atoms with E-state index in [1.807, 2.05) is 19.9 Å². The zero-order valence-electron chi connectivity index (χ0n) is 17.3. The van der Waals surface area contributed by atoms with E-state index < -0.39 is 5.91 Å². The van der Waals surface area contributed by atoms with Gasteiger partial charge in [0.15, 0.2) is 11.5 Å². The Morgan fingerprint density at radius 1 is 1.06 bits per heavy atom. The van der Waals surface area contributed by atoms with Gasteiger partial charge in [-0.15, -0.1) is 0 Å². The number of carbonyl (C=O) groups is 2. The molecule has 32 heavy (non-hydrogen) atoms. The van der Waals surface area contributed by atoms with Crippen LogP contribution in [-0.4, -0.2) is 31.3 Å². The molecule has 1 amide bonds. The Balaban J connectivity index is 1.55. The molecular formula is C23H19BrClN5O2. The van der Waals surface area contributed by atoms with Gasteiger partial charge in [-0.3, -0.25) is 14.3 Å². The van der Waals surface area contributed by atoms with Crippen molar-refractivity contribution in [2.75, 3.05) is 5.32 Å². The number of aryl methyl sites for hydroxylation is 1. The van der Waals surface area contributed by atoms with Gasteiger partial charge in [-0.25, -0.2) is 4.68 Å². The Morgan fingerprint density at radius 2 is 1.81 bits per heavy atom. The topological polar surface area (TPSA) is 81.8 Å². The molecule has 162 valence electrons. The third-order valence-electron chi connectivity index (χ3n) is 4.96. The highest BCUT2D eigenvalue weighted by molar-refractivity contribution is 9.10. The van der Waals surface area contributed by atoms with Crippen LogP contribution in [0.2, 0.25) is 5.02 Å². The Kier molecular flexibility index (Phi) is 6.25. The summed E-state index contributed by atoms with van der Waals surface area (Å²) in [5, 5.41) is 12.0. The van der Waals surface area contributed by atoms with Gasteiger partial charge in [-0.2, -0.15) is 10.2 Å². The van der Waals surface area contributed by atoms with Crippen LogP contribution < -0.4 is 5.32 Å². The molecule has 0 radical (unpaired) electrons. The molecule has 0 saturated heterocycles. The van der Waals surface area contributed by atoms with E-state index in [0.717, 1.165) is 15.9 Å². The van der Waals surface area contributed by atoms with Crippen LogP contribution in [-0.2, 0) is 6.67 Å². The van der Waals surface area contributed by atoms with Crippen LogP contribution in [0.15, 0.2) is 65.3 Å². The lowest BCUT2D eigenvalue weighted by molar-refractivity contribution is 0.102. The van der Waals surface area contributed by atoms with E-state index in [4.69, 9.17) is 11.6 Å². The third kappa shape index (κ3) is 4.51. The molecule has 0 aliphatic carbocycles. The first-order valence-electron chi connectivity index (χ1n) is 9.77. The zero-order chi connectivity index (χ0) is 22.8. The Bertz CT molecular complexity index is 1310. The summed E-state index contributed by atoms with van der Waals surface area (Å²) in [5.74, 6) is -0.660. The summed E-state index contributed by atoms with van der Waals surface area (Å²) in [6.07, 6.45) is 1.71. The van der Waals surface area contributed by atoms with Crippen molar-refractivity contribution in [1.29, 1.82) is 0 Å². The van der Waals surface area contributed by atoms with Gasteiger partial charge in [-0.05, 0) is 54.0 Å². The number of hydrogen-bond acceptors (Lipinski definition) is 4. The predicted octanol–water partition coefficient (Wildman–Crippen LogP) is 5.10. The molecule has 4 rings (SSSR count). The average molecular weight is 513 g/mol. The minimum atomic E-state index is -0.428. The molecule has 0 spiro atoms. The van der Waals surface area contributed by atoms with E-state index in [9.17, 15) is 9.59 Å². The number of aromatic nitrogens is 4. The first-order valence-corrected chi connectivity index (χ1v) is 10.9. The summed E-state index contributed by atoms with van der Waals surface area (Å²) >= 11 is 9.62. The van der Waals surface area contributed by atoms with Gasteiger partial charge >= 0.3 is 0 Å². The number of anilines is 1. The summed E-state index contributed by atoms with van der Waals surface area (Å²) in [4.78, 5) is 25.8. The van der Waals surface area contributed by atoms with Gasteiger partial charge < -0.3 is 5.32 Å². The fourth-order valence-electron chi connectivity index (χ4n) is 3.26. The van der Waals surface area contributed by atoms with Crippen molar-refractivity contribution >= 4 is 44.9 Å². The highest BCUT2D eigenvalue weighted by Crippen LogP contribution is 2.24. The molecule has 0 atom stereocenters. The molecule has 0 unspecified atom stereocenters. The number of benzene rings is 2. The van der Waals surface area contributed by atoms with E-state index in [-0.39, 0.29) is 11.5 Å². The van der Waals surface area contributed by atoms with Gasteiger partial charge in [-0.1, -0.05) is 41.9 Å². The Hall–Kier alpha value is -3.23. The average Bonchev–Trinajstić information content (AvgIpc) is 3.36. The maximum Gasteiger partial charge on any atom is 0.276 e. The molecule has 9 heteroatoms. The van der Waals surface area contributed by atoms with Crippen LogP contribution in [0.3, 0.4) is 0 Å². The van der Waals surface area contributed by atoms with E-state index >= 15 is 0 Å². The van der Waals surface area contributed by atoms with Crippen LogP contribution in [0.4, 0.5) is 5.69 Å². The second-order valence-corrected chi connectivity index (χ2v) is 8.43. The third-order valence-corrected chi connectivity index (χ3v) is 6.34. The van der Waals surface area contributed by atoms with Crippen LogP contribution in [0, 0.1) is 13.8 Å². The molecule has 2 aromatic carbocycles. The fraction of sp³-hybridized carbons (Fsp3) is 0.130. The standard InChI is InChI=1S/C23H19BrClN5O2/c1-14-21(24)15(2)30(27-14)13-29-11-10-20(28-29)23(32)26-19-9-8-17(25)12-18(19)22(31)16-6-4-3-5-7-16/h3-12H,13H2,1-2H3,(H,26,32). The minimum absolute atomic E-state index is 0.221. The minimum Gasteiger partial charge on any atom is -0.320 e. The number of halogens is 2. The molecule has 0 bridgehead atoms. The number of carbonyl (C=O) groups excluding carboxylic acids is 2. The van der Waals surface area contributed by atoms with E-state index in [1.165, 1.54) is 0 Å². The predicted molar refractivity (Wildman–Crippen MR) is 126 cm³/mol. The van der Waals surface area contributed by atoms with Crippen LogP contribution in [0.25, 0.3) is 0 Å². The quantitative estimate of drug-likeness (QED) is 0.364. The van der Waals surface area contributed by atoms with Crippen LogP contribution >= 0.6 is 27.5 Å². The van der Waals surface area contributed by atoms with Crippen molar-refractivity contribution in [2.24, 2.45) is 0 Å². The molecule has 0 saturated carbocycles. The second kappa shape index (κ2) is 9.10. The van der Waals surface area contributed by atoms with E-state index in [2.05, 4.69) is 31.4 Å². The second-order valence-electron chi connectivity index (χ2n) is 7.21. The summed E-state index contributed by atoms with van der Waals surface area (Å²) in [7, 11) is 0. The summed E-state index contributed by atoms with van der Waals surface area (Å²) < 4.78 is 4.36. The van der Waals surface area contributed by atoms with Crippen LogP contribution in [0.1, 0.15) is 37.8 Å². The molecular weight excluding hydrogens is 494 g/mol. The van der Waals surface area contributed by atoms with Gasteiger partial charge in [0.2, 0.25) is 0 Å². The fourth-order valence-corrected chi connectivity index (χ4v) is 3.71. The van der Waals surface area contributed by atoms with Gasteiger partial charge in [0.25, 0.3) is 5.91 Å². The lowest BCUT2D eigenvalue weighted by atomic mass is 10.0. The molecule has 7 nitrogen and oxygen atoms in total. The number of amides is 1. The molecule has 0 aliphatic rings. The zero-order valence-corrected chi connectivity index (χ0v) is 19.7. The molecule has 0 fully saturated rings. The van der Waals surface area contributed by atoms with E-state index in [0.29, 0.717) is 28.5 Å². The lowest BCUT2D eigenvalue weighted by Gasteiger charge is -2.10. The highest BCUT2D eigenvalue weighted by atomic mass is 79.9. The first-order chi connectivity index (χ1) is 15.3. The Labute approximate surface area is 198 Å². The molecule has 1 N–H and O–H groups in total. The number of nitrogens with zero attached hydrogens (tertiary/aromatic N) is 4. The van der Waals surface area contributed by atoms with Crippen molar-refractivity contribution in [3.63, 3.8) is 0 Å². The number of nitrogens with one attached hydrogen (secondary N) is 1. The van der Waals surface area contributed by atoms with E-state index in [1.54, 1.807) is 64.1 Å². The summed E-state index contributed by atoms with van der Waals surface area (Å²) in [6, 6.07) is 15.2. The normalized spacial score (nSPS) is 10.9. The molecule has 2 heterocycles. The molecule has 0 aliphatic heterocycles. The first kappa shape index (κ1) is 22.0. The lowest BCUT2D eigenvalue weighted by Crippen LogP contribution is -2.17. The van der Waals surface area contributed by atoms with Gasteiger partial charge in [0, 0.05) is 22.3 Å². The molecule has 2 aromatic heterocycles. The van der Waals surface area contributed by atoms with Crippen molar-refractivity contribution in [2.45, 2.75) is 20.5 Å². The van der Waals surface area contributed by atoms with Crippen molar-refractivity contribution in [1.82, 2.24) is 19.6 Å². The number of rotatable bonds is 6. The van der Waals surface area contributed by atoms with Crippen molar-refractivity contribution < 1.29 is 9.59 Å². The summed E-state index contributed by atoms with van der Waals surface area (Å²) in [5.41, 5.74) is 3.25. The molecule has 4 aromatic rings. The van der Waals surface area contributed by atoms with Gasteiger partial charge in [0.1, 0.15) is 6.67 Å². The van der Waals surface area contributed by atoms with Gasteiger partial charge in [0.05, 0.1) is 21.5 Å². The smallest absolute Gasteiger partial charge is 0.276 e. The van der Waals surface area contributed by atoms with Crippen molar-refractivity contribution in [3.05, 3.63) is 98.5 Å². The summed E-state index contributed by atoms with van der Waals surface area (Å²) in [6.45, 7) is 4.23. The van der Waals surface area contributed by atoms with Crippen LogP contribution in [0.5, 0.6) is 0 Å². The maximum atomic E-state index is 13.0. The van der Waals surface area contributed by atoms with Crippen molar-refractivity contribution in [3.8, 4) is 0 Å². The highest BCUT2D eigenvalue weighted by Gasteiger charge is 2.18. The number of ketones is 1. The monoisotopic (exact) mass is 511 g/mol. The maximum absolute atomic E-state index is 13.0. The SMILES string of the molecule is Cc1nn(Cn2ccc(C(=O)Nc3ccc(Cl)cc3C(=O)c3ccccc3)n2)c(C)c1Br. The largest absolute Gasteiger partial charge is 0.320 e. The number of hydrogen-bond donors (Lipinski definition) is 1. The Morgan fingerprint density at radius 3 is 2.50 bits per heavy atom.